The van der Waals surface area contributed by atoms with Gasteiger partial charge in [0.1, 0.15) is 12.4 Å². The summed E-state index contributed by atoms with van der Waals surface area (Å²) in [6, 6.07) is 11.3. The third kappa shape index (κ3) is 5.04. The Balaban J connectivity index is 1.96. The maximum absolute atomic E-state index is 5.80. The average Bonchev–Trinajstić information content (AvgIpc) is 2.47. The van der Waals surface area contributed by atoms with Crippen LogP contribution in [-0.4, -0.2) is 29.8 Å². The second-order valence-electron chi connectivity index (χ2n) is 5.14. The van der Waals surface area contributed by atoms with Gasteiger partial charge in [0.05, 0.1) is 6.61 Å². The van der Waals surface area contributed by atoms with E-state index in [1.54, 1.807) is 6.07 Å². The molecule has 1 heterocycles. The minimum atomic E-state index is 0.391. The van der Waals surface area contributed by atoms with Gasteiger partial charge in [0.2, 0.25) is 5.88 Å². The third-order valence-corrected chi connectivity index (χ3v) is 2.68. The summed E-state index contributed by atoms with van der Waals surface area (Å²) in [7, 11) is 0. The molecule has 2 N–H and O–H groups in total. The van der Waals surface area contributed by atoms with Crippen molar-refractivity contribution in [1.82, 2.24) is 9.97 Å². The van der Waals surface area contributed by atoms with Crippen molar-refractivity contribution in [3.05, 3.63) is 36.4 Å². The smallest absolute Gasteiger partial charge is 0.219 e. The van der Waals surface area contributed by atoms with E-state index in [1.807, 2.05) is 30.3 Å². The lowest BCUT2D eigenvalue weighted by Gasteiger charge is -2.09. The Labute approximate surface area is 125 Å². The SMILES string of the molecule is CC(C)COCCOc1cc(N)nc(-c2ccccc2)n1. The number of anilines is 1. The second-order valence-corrected chi connectivity index (χ2v) is 5.14. The first-order valence-corrected chi connectivity index (χ1v) is 7.05. The number of aromatic nitrogens is 2. The molecule has 0 atom stereocenters. The second kappa shape index (κ2) is 7.59. The molecule has 2 aromatic rings. The number of rotatable bonds is 7. The topological polar surface area (TPSA) is 70.3 Å². The van der Waals surface area contributed by atoms with Crippen molar-refractivity contribution in [1.29, 1.82) is 0 Å². The largest absolute Gasteiger partial charge is 0.475 e. The van der Waals surface area contributed by atoms with Crippen molar-refractivity contribution in [2.75, 3.05) is 25.6 Å². The summed E-state index contributed by atoms with van der Waals surface area (Å²) in [5, 5.41) is 0. The van der Waals surface area contributed by atoms with Gasteiger partial charge < -0.3 is 15.2 Å². The van der Waals surface area contributed by atoms with Gasteiger partial charge in [-0.1, -0.05) is 44.2 Å². The predicted molar refractivity (Wildman–Crippen MR) is 83.0 cm³/mol. The van der Waals surface area contributed by atoms with Crippen molar-refractivity contribution >= 4 is 5.82 Å². The highest BCUT2D eigenvalue weighted by atomic mass is 16.5. The molecule has 0 saturated heterocycles. The minimum absolute atomic E-state index is 0.391. The third-order valence-electron chi connectivity index (χ3n) is 2.68. The number of nitrogen functional groups attached to an aromatic ring is 1. The van der Waals surface area contributed by atoms with Crippen LogP contribution in [0.5, 0.6) is 5.88 Å². The molecule has 0 aliphatic carbocycles. The van der Waals surface area contributed by atoms with E-state index < -0.39 is 0 Å². The molecule has 0 fully saturated rings. The van der Waals surface area contributed by atoms with E-state index in [0.717, 1.165) is 12.2 Å². The van der Waals surface area contributed by atoms with E-state index in [-0.39, 0.29) is 0 Å². The zero-order chi connectivity index (χ0) is 15.1. The van der Waals surface area contributed by atoms with Crippen molar-refractivity contribution in [3.63, 3.8) is 0 Å². The molecule has 2 rings (SSSR count). The molecule has 5 heteroatoms. The van der Waals surface area contributed by atoms with Gasteiger partial charge in [0.15, 0.2) is 5.82 Å². The van der Waals surface area contributed by atoms with E-state index in [1.165, 1.54) is 0 Å². The van der Waals surface area contributed by atoms with Gasteiger partial charge in [-0.15, -0.1) is 0 Å². The molecule has 0 unspecified atom stereocenters. The molecule has 5 nitrogen and oxygen atoms in total. The highest BCUT2D eigenvalue weighted by molar-refractivity contribution is 5.57. The molecule has 0 bridgehead atoms. The molecule has 0 aliphatic heterocycles. The van der Waals surface area contributed by atoms with Crippen LogP contribution in [0.4, 0.5) is 5.82 Å². The molecule has 1 aromatic carbocycles. The van der Waals surface area contributed by atoms with Crippen LogP contribution < -0.4 is 10.5 Å². The van der Waals surface area contributed by atoms with Gasteiger partial charge in [-0.05, 0) is 5.92 Å². The van der Waals surface area contributed by atoms with Gasteiger partial charge in [0, 0.05) is 18.2 Å². The number of nitrogens with zero attached hydrogens (tertiary/aromatic N) is 2. The molecule has 0 saturated carbocycles. The summed E-state index contributed by atoms with van der Waals surface area (Å²) < 4.78 is 11.0. The van der Waals surface area contributed by atoms with Crippen molar-refractivity contribution in [2.24, 2.45) is 5.92 Å². The van der Waals surface area contributed by atoms with E-state index in [4.69, 9.17) is 15.2 Å². The Morgan fingerprint density at radius 1 is 1.10 bits per heavy atom. The van der Waals surface area contributed by atoms with Crippen molar-refractivity contribution in [3.8, 4) is 17.3 Å². The number of ether oxygens (including phenoxy) is 2. The molecule has 0 amide bonds. The van der Waals surface area contributed by atoms with Gasteiger partial charge in [-0.2, -0.15) is 4.98 Å². The van der Waals surface area contributed by atoms with Crippen LogP contribution in [0.2, 0.25) is 0 Å². The lowest BCUT2D eigenvalue weighted by Crippen LogP contribution is -2.11. The molecular weight excluding hydrogens is 266 g/mol. The average molecular weight is 287 g/mol. The first-order chi connectivity index (χ1) is 10.1. The van der Waals surface area contributed by atoms with Crippen molar-refractivity contribution in [2.45, 2.75) is 13.8 Å². The van der Waals surface area contributed by atoms with E-state index >= 15 is 0 Å². The molecular formula is C16H21N3O2. The van der Waals surface area contributed by atoms with Crippen LogP contribution in [0.1, 0.15) is 13.8 Å². The van der Waals surface area contributed by atoms with Crippen LogP contribution in [0.25, 0.3) is 11.4 Å². The summed E-state index contributed by atoms with van der Waals surface area (Å²) in [6.45, 7) is 5.92. The van der Waals surface area contributed by atoms with Crippen LogP contribution in [0, 0.1) is 5.92 Å². The first-order valence-electron chi connectivity index (χ1n) is 7.05. The summed E-state index contributed by atoms with van der Waals surface area (Å²) in [5.41, 5.74) is 6.71. The maximum atomic E-state index is 5.80. The Kier molecular flexibility index (Phi) is 5.51. The van der Waals surface area contributed by atoms with Gasteiger partial charge in [0.25, 0.3) is 0 Å². The van der Waals surface area contributed by atoms with Crippen LogP contribution in [0.3, 0.4) is 0 Å². The fraction of sp³-hybridized carbons (Fsp3) is 0.375. The lowest BCUT2D eigenvalue weighted by molar-refractivity contribution is 0.0806. The van der Waals surface area contributed by atoms with E-state index in [2.05, 4.69) is 23.8 Å². The minimum Gasteiger partial charge on any atom is -0.475 e. The van der Waals surface area contributed by atoms with E-state index in [0.29, 0.717) is 36.7 Å². The molecule has 1 aromatic heterocycles. The zero-order valence-electron chi connectivity index (χ0n) is 12.5. The molecule has 0 spiro atoms. The number of benzene rings is 1. The fourth-order valence-corrected chi connectivity index (χ4v) is 1.76. The van der Waals surface area contributed by atoms with Gasteiger partial charge in [-0.3, -0.25) is 0 Å². The van der Waals surface area contributed by atoms with Crippen LogP contribution in [0.15, 0.2) is 36.4 Å². The number of hydrogen-bond donors (Lipinski definition) is 1. The van der Waals surface area contributed by atoms with Crippen molar-refractivity contribution < 1.29 is 9.47 Å². The summed E-state index contributed by atoms with van der Waals surface area (Å²) >= 11 is 0. The highest BCUT2D eigenvalue weighted by Gasteiger charge is 2.06. The normalized spacial score (nSPS) is 10.8. The molecule has 0 aliphatic rings. The zero-order valence-corrected chi connectivity index (χ0v) is 12.5. The first kappa shape index (κ1) is 15.3. The fourth-order valence-electron chi connectivity index (χ4n) is 1.76. The Bertz CT molecular complexity index is 559. The summed E-state index contributed by atoms with van der Waals surface area (Å²) in [6.07, 6.45) is 0. The Morgan fingerprint density at radius 2 is 1.86 bits per heavy atom. The lowest BCUT2D eigenvalue weighted by atomic mass is 10.2. The Morgan fingerprint density at radius 3 is 2.57 bits per heavy atom. The predicted octanol–water partition coefficient (Wildman–Crippen LogP) is 2.78. The highest BCUT2D eigenvalue weighted by Crippen LogP contribution is 2.19. The molecule has 21 heavy (non-hydrogen) atoms. The monoisotopic (exact) mass is 287 g/mol. The summed E-state index contributed by atoms with van der Waals surface area (Å²) in [4.78, 5) is 8.59. The molecule has 0 radical (unpaired) electrons. The van der Waals surface area contributed by atoms with Crippen LogP contribution >= 0.6 is 0 Å². The number of nitrogens with two attached hydrogens (primary N) is 1. The Hall–Kier alpha value is -2.14. The quantitative estimate of drug-likeness (QED) is 0.793. The number of hydrogen-bond acceptors (Lipinski definition) is 5. The van der Waals surface area contributed by atoms with Gasteiger partial charge in [-0.25, -0.2) is 4.98 Å². The van der Waals surface area contributed by atoms with Gasteiger partial charge >= 0.3 is 0 Å². The standard InChI is InChI=1S/C16H21N3O2/c1-12(2)11-20-8-9-21-15-10-14(17)18-16(19-15)13-6-4-3-5-7-13/h3-7,10,12H,8-9,11H2,1-2H3,(H2,17,18,19). The maximum Gasteiger partial charge on any atom is 0.219 e. The van der Waals surface area contributed by atoms with E-state index in [9.17, 15) is 0 Å². The van der Waals surface area contributed by atoms with Crippen LogP contribution in [-0.2, 0) is 4.74 Å². The summed E-state index contributed by atoms with van der Waals surface area (Å²) in [5.74, 6) is 1.94. The molecule has 112 valence electrons.